The fourth-order valence-corrected chi connectivity index (χ4v) is 3.27. The molecule has 10 heteroatoms. The average Bonchev–Trinajstić information content (AvgIpc) is 2.88. The van der Waals surface area contributed by atoms with E-state index in [2.05, 4.69) is 35.7 Å². The standard InChI is InChI=1S/C23H27N7O3/c1-31-19-9-8-18(14-20(19)32-2)16-25-29-22-26-21(24-15-17-6-4-3-5-7-17)27-23(28-22)30-10-12-33-13-11-30/h3-9,14,16H,10-13,15H2,1-2H3,(H2,24,26,27,28,29). The lowest BCUT2D eigenvalue weighted by Gasteiger charge is -2.27. The van der Waals surface area contributed by atoms with Gasteiger partial charge in [0.2, 0.25) is 17.8 Å². The Labute approximate surface area is 192 Å². The van der Waals surface area contributed by atoms with E-state index in [0.29, 0.717) is 49.1 Å². The molecule has 1 aliphatic heterocycles. The summed E-state index contributed by atoms with van der Waals surface area (Å²) in [5.74, 6) is 2.68. The van der Waals surface area contributed by atoms with Crippen LogP contribution in [0.5, 0.6) is 11.5 Å². The summed E-state index contributed by atoms with van der Waals surface area (Å²) in [6.45, 7) is 3.31. The van der Waals surface area contributed by atoms with Crippen LogP contribution in [0.2, 0.25) is 0 Å². The highest BCUT2D eigenvalue weighted by atomic mass is 16.5. The van der Waals surface area contributed by atoms with Gasteiger partial charge in [-0.1, -0.05) is 30.3 Å². The minimum Gasteiger partial charge on any atom is -0.493 e. The van der Waals surface area contributed by atoms with E-state index in [9.17, 15) is 0 Å². The van der Waals surface area contributed by atoms with Crippen LogP contribution in [0, 0.1) is 0 Å². The van der Waals surface area contributed by atoms with Crippen LogP contribution >= 0.6 is 0 Å². The fraction of sp³-hybridized carbons (Fsp3) is 0.304. The number of anilines is 3. The molecule has 1 fully saturated rings. The third-order valence-electron chi connectivity index (χ3n) is 5.00. The minimum atomic E-state index is 0.346. The van der Waals surface area contributed by atoms with E-state index in [-0.39, 0.29) is 0 Å². The molecular weight excluding hydrogens is 422 g/mol. The molecular formula is C23H27N7O3. The molecule has 0 amide bonds. The second-order valence-corrected chi connectivity index (χ2v) is 7.21. The Balaban J connectivity index is 1.51. The van der Waals surface area contributed by atoms with Crippen molar-refractivity contribution in [2.75, 3.05) is 56.2 Å². The van der Waals surface area contributed by atoms with Crippen molar-refractivity contribution in [1.29, 1.82) is 0 Å². The number of ether oxygens (including phenoxy) is 3. The molecule has 3 aromatic rings. The van der Waals surface area contributed by atoms with Crippen LogP contribution in [0.4, 0.5) is 17.8 Å². The Morgan fingerprint density at radius 2 is 1.73 bits per heavy atom. The summed E-state index contributed by atoms with van der Waals surface area (Å²) < 4.78 is 16.1. The summed E-state index contributed by atoms with van der Waals surface area (Å²) >= 11 is 0. The molecule has 0 aliphatic carbocycles. The predicted octanol–water partition coefficient (Wildman–Crippen LogP) is 2.78. The van der Waals surface area contributed by atoms with Crippen molar-refractivity contribution in [1.82, 2.24) is 15.0 Å². The number of methoxy groups -OCH3 is 2. The van der Waals surface area contributed by atoms with Crippen molar-refractivity contribution in [2.45, 2.75) is 6.54 Å². The van der Waals surface area contributed by atoms with Crippen molar-refractivity contribution >= 4 is 24.1 Å². The fourth-order valence-electron chi connectivity index (χ4n) is 3.27. The van der Waals surface area contributed by atoms with Gasteiger partial charge in [0.15, 0.2) is 11.5 Å². The number of morpholine rings is 1. The Hall–Kier alpha value is -3.92. The molecule has 10 nitrogen and oxygen atoms in total. The van der Waals surface area contributed by atoms with Crippen LogP contribution in [0.15, 0.2) is 53.6 Å². The number of benzene rings is 2. The first-order chi connectivity index (χ1) is 16.2. The maximum Gasteiger partial charge on any atom is 0.250 e. The van der Waals surface area contributed by atoms with Gasteiger partial charge in [0.05, 0.1) is 33.6 Å². The van der Waals surface area contributed by atoms with Gasteiger partial charge in [0.1, 0.15) is 0 Å². The highest BCUT2D eigenvalue weighted by Crippen LogP contribution is 2.26. The van der Waals surface area contributed by atoms with E-state index in [0.717, 1.165) is 24.2 Å². The van der Waals surface area contributed by atoms with Crippen LogP contribution in [0.3, 0.4) is 0 Å². The minimum absolute atomic E-state index is 0.346. The molecule has 33 heavy (non-hydrogen) atoms. The van der Waals surface area contributed by atoms with E-state index < -0.39 is 0 Å². The Morgan fingerprint density at radius 1 is 0.970 bits per heavy atom. The van der Waals surface area contributed by atoms with Gasteiger partial charge in [-0.3, -0.25) is 0 Å². The van der Waals surface area contributed by atoms with Crippen LogP contribution in [-0.2, 0) is 11.3 Å². The summed E-state index contributed by atoms with van der Waals surface area (Å²) in [6, 6.07) is 15.6. The van der Waals surface area contributed by atoms with E-state index in [1.165, 1.54) is 0 Å². The van der Waals surface area contributed by atoms with Gasteiger partial charge in [-0.05, 0) is 29.3 Å². The normalized spacial score (nSPS) is 13.7. The Morgan fingerprint density at radius 3 is 2.48 bits per heavy atom. The molecule has 2 heterocycles. The second-order valence-electron chi connectivity index (χ2n) is 7.21. The van der Waals surface area contributed by atoms with Crippen molar-refractivity contribution in [3.63, 3.8) is 0 Å². The molecule has 0 radical (unpaired) electrons. The highest BCUT2D eigenvalue weighted by Gasteiger charge is 2.16. The SMILES string of the molecule is COc1ccc(C=NNc2nc(NCc3ccccc3)nc(N3CCOCC3)n2)cc1OC. The van der Waals surface area contributed by atoms with Gasteiger partial charge in [0.25, 0.3) is 0 Å². The third-order valence-corrected chi connectivity index (χ3v) is 5.00. The molecule has 1 saturated heterocycles. The topological polar surface area (TPSA) is 106 Å². The van der Waals surface area contributed by atoms with Gasteiger partial charge in [0, 0.05) is 19.6 Å². The second kappa shape index (κ2) is 11.1. The maximum atomic E-state index is 5.45. The van der Waals surface area contributed by atoms with Gasteiger partial charge in [-0.25, -0.2) is 5.43 Å². The van der Waals surface area contributed by atoms with Crippen LogP contribution in [0.1, 0.15) is 11.1 Å². The molecule has 4 rings (SSSR count). The Kier molecular flexibility index (Phi) is 7.49. The lowest BCUT2D eigenvalue weighted by atomic mass is 10.2. The largest absolute Gasteiger partial charge is 0.493 e. The van der Waals surface area contributed by atoms with E-state index in [4.69, 9.17) is 14.2 Å². The summed E-state index contributed by atoms with van der Waals surface area (Å²) in [5.41, 5.74) is 4.88. The number of nitrogens with zero attached hydrogens (tertiary/aromatic N) is 5. The van der Waals surface area contributed by atoms with Crippen molar-refractivity contribution in [3.05, 3.63) is 59.7 Å². The van der Waals surface area contributed by atoms with Gasteiger partial charge >= 0.3 is 0 Å². The first-order valence-corrected chi connectivity index (χ1v) is 10.6. The zero-order valence-electron chi connectivity index (χ0n) is 18.7. The van der Waals surface area contributed by atoms with Crippen LogP contribution in [0.25, 0.3) is 0 Å². The van der Waals surface area contributed by atoms with Crippen molar-refractivity contribution < 1.29 is 14.2 Å². The summed E-state index contributed by atoms with van der Waals surface area (Å²) in [7, 11) is 3.20. The number of aromatic nitrogens is 3. The molecule has 1 aliphatic rings. The molecule has 0 spiro atoms. The maximum absolute atomic E-state index is 5.45. The lowest BCUT2D eigenvalue weighted by Crippen LogP contribution is -2.37. The number of nitrogens with one attached hydrogen (secondary N) is 2. The first-order valence-electron chi connectivity index (χ1n) is 10.6. The summed E-state index contributed by atoms with van der Waals surface area (Å²) in [6.07, 6.45) is 1.66. The molecule has 172 valence electrons. The average molecular weight is 450 g/mol. The molecule has 2 N–H and O–H groups in total. The first kappa shape index (κ1) is 22.3. The lowest BCUT2D eigenvalue weighted by molar-refractivity contribution is 0.122. The van der Waals surface area contributed by atoms with E-state index in [1.54, 1.807) is 20.4 Å². The van der Waals surface area contributed by atoms with Crippen molar-refractivity contribution in [2.24, 2.45) is 5.10 Å². The molecule has 0 bridgehead atoms. The zero-order valence-corrected chi connectivity index (χ0v) is 18.7. The quantitative estimate of drug-likeness (QED) is 0.377. The molecule has 2 aromatic carbocycles. The van der Waals surface area contributed by atoms with Gasteiger partial charge < -0.3 is 24.4 Å². The third kappa shape index (κ3) is 6.07. The van der Waals surface area contributed by atoms with E-state index in [1.807, 2.05) is 48.5 Å². The summed E-state index contributed by atoms with van der Waals surface area (Å²) in [4.78, 5) is 15.7. The highest BCUT2D eigenvalue weighted by molar-refractivity contribution is 5.81. The molecule has 0 atom stereocenters. The molecule has 0 unspecified atom stereocenters. The number of rotatable bonds is 9. The summed E-state index contributed by atoms with van der Waals surface area (Å²) in [5, 5.41) is 7.57. The van der Waals surface area contributed by atoms with Crippen LogP contribution < -0.4 is 25.1 Å². The smallest absolute Gasteiger partial charge is 0.250 e. The number of hydrazone groups is 1. The van der Waals surface area contributed by atoms with E-state index >= 15 is 0 Å². The zero-order chi connectivity index (χ0) is 22.9. The monoisotopic (exact) mass is 449 g/mol. The number of hydrogen-bond donors (Lipinski definition) is 2. The predicted molar refractivity (Wildman–Crippen MR) is 127 cm³/mol. The molecule has 0 saturated carbocycles. The Bertz CT molecular complexity index is 1070. The van der Waals surface area contributed by atoms with Crippen molar-refractivity contribution in [3.8, 4) is 11.5 Å². The number of hydrogen-bond acceptors (Lipinski definition) is 10. The van der Waals surface area contributed by atoms with Crippen LogP contribution in [-0.4, -0.2) is 61.7 Å². The van der Waals surface area contributed by atoms with Gasteiger partial charge in [-0.2, -0.15) is 20.1 Å². The van der Waals surface area contributed by atoms with Gasteiger partial charge in [-0.15, -0.1) is 0 Å². The molecule has 1 aromatic heterocycles.